The van der Waals surface area contributed by atoms with Crippen molar-refractivity contribution < 1.29 is 9.72 Å². The van der Waals surface area contributed by atoms with Crippen molar-refractivity contribution in [3.8, 4) is 0 Å². The maximum atomic E-state index is 12.8. The molecule has 1 aromatic carbocycles. The monoisotopic (exact) mass is 291 g/mol. The second-order valence-corrected chi connectivity index (χ2v) is 5.74. The average molecular weight is 291 g/mol. The minimum Gasteiger partial charge on any atom is -0.334 e. The van der Waals surface area contributed by atoms with E-state index in [2.05, 4.69) is 6.92 Å². The minimum atomic E-state index is -0.496. The van der Waals surface area contributed by atoms with Crippen LogP contribution in [0.4, 0.5) is 5.69 Å². The number of hydrogen-bond acceptors (Lipinski definition) is 4. The van der Waals surface area contributed by atoms with Crippen molar-refractivity contribution in [3.05, 3.63) is 39.4 Å². The van der Waals surface area contributed by atoms with Gasteiger partial charge in [-0.1, -0.05) is 19.1 Å². The molecule has 114 valence electrons. The van der Waals surface area contributed by atoms with Crippen LogP contribution in [0.2, 0.25) is 0 Å². The average Bonchev–Trinajstić information content (AvgIpc) is 2.46. The van der Waals surface area contributed by atoms with Gasteiger partial charge in [0.05, 0.1) is 4.92 Å². The Bertz CT molecular complexity index is 559. The molecule has 2 atom stereocenters. The summed E-state index contributed by atoms with van der Waals surface area (Å²) in [5.74, 6) is 0.247. The largest absolute Gasteiger partial charge is 0.334 e. The molecule has 2 rings (SSSR count). The number of nitrogens with two attached hydrogens (primary N) is 1. The van der Waals surface area contributed by atoms with Gasteiger partial charge in [0.2, 0.25) is 0 Å². The molecule has 1 aliphatic rings. The van der Waals surface area contributed by atoms with Gasteiger partial charge in [-0.2, -0.15) is 0 Å². The zero-order valence-electron chi connectivity index (χ0n) is 12.4. The van der Waals surface area contributed by atoms with Gasteiger partial charge >= 0.3 is 0 Å². The van der Waals surface area contributed by atoms with E-state index in [1.807, 2.05) is 0 Å². The third kappa shape index (κ3) is 3.05. The highest BCUT2D eigenvalue weighted by Gasteiger charge is 2.33. The Morgan fingerprint density at radius 2 is 2.24 bits per heavy atom. The second-order valence-electron chi connectivity index (χ2n) is 5.74. The third-order valence-corrected chi connectivity index (χ3v) is 4.17. The van der Waals surface area contributed by atoms with Gasteiger partial charge in [-0.05, 0) is 31.2 Å². The Labute approximate surface area is 124 Å². The van der Waals surface area contributed by atoms with Gasteiger partial charge in [-0.3, -0.25) is 14.9 Å². The molecular weight excluding hydrogens is 270 g/mol. The number of piperidine rings is 1. The van der Waals surface area contributed by atoms with E-state index in [0.717, 1.165) is 12.8 Å². The van der Waals surface area contributed by atoms with Crippen molar-refractivity contribution in [1.29, 1.82) is 0 Å². The number of carbonyl (C=O) groups excluding carboxylic acids is 1. The Hall–Kier alpha value is -1.95. The van der Waals surface area contributed by atoms with Crippen LogP contribution in [0.25, 0.3) is 0 Å². The number of hydrogen-bond donors (Lipinski definition) is 1. The van der Waals surface area contributed by atoms with Crippen LogP contribution >= 0.6 is 0 Å². The zero-order valence-corrected chi connectivity index (χ0v) is 12.4. The van der Waals surface area contributed by atoms with E-state index in [0.29, 0.717) is 24.6 Å². The van der Waals surface area contributed by atoms with Crippen molar-refractivity contribution in [2.45, 2.75) is 32.7 Å². The fourth-order valence-electron chi connectivity index (χ4n) is 2.97. The van der Waals surface area contributed by atoms with Gasteiger partial charge in [-0.25, -0.2) is 0 Å². The smallest absolute Gasteiger partial charge is 0.282 e. The van der Waals surface area contributed by atoms with Gasteiger partial charge in [-0.15, -0.1) is 0 Å². The van der Waals surface area contributed by atoms with Crippen LogP contribution in [0.1, 0.15) is 35.7 Å². The van der Waals surface area contributed by atoms with E-state index in [9.17, 15) is 14.9 Å². The molecule has 1 heterocycles. The van der Waals surface area contributed by atoms with Crippen molar-refractivity contribution in [3.63, 3.8) is 0 Å². The maximum Gasteiger partial charge on any atom is 0.282 e. The molecule has 1 saturated heterocycles. The lowest BCUT2D eigenvalue weighted by atomic mass is 9.91. The fraction of sp³-hybridized carbons (Fsp3) is 0.533. The molecule has 0 radical (unpaired) electrons. The molecule has 6 nitrogen and oxygen atoms in total. The standard InChI is InChI=1S/C15H21N3O3/c1-10-6-7-17(12(8-10)9-16)15(19)14-11(2)4-3-5-13(14)18(20)21/h3-5,10,12H,6-9,16H2,1-2H3. The number of aryl methyl sites for hydroxylation is 1. The van der Waals surface area contributed by atoms with E-state index in [1.165, 1.54) is 6.07 Å². The number of nitro benzene ring substituents is 1. The summed E-state index contributed by atoms with van der Waals surface area (Å²) in [6, 6.07) is 4.66. The molecule has 0 saturated carbocycles. The SMILES string of the molecule is Cc1cccc([N+](=O)[O-])c1C(=O)N1CCC(C)CC1CN. The van der Waals surface area contributed by atoms with Gasteiger partial charge in [0.15, 0.2) is 0 Å². The number of rotatable bonds is 3. The maximum absolute atomic E-state index is 12.8. The highest BCUT2D eigenvalue weighted by Crippen LogP contribution is 2.28. The summed E-state index contributed by atoms with van der Waals surface area (Å²) in [6.07, 6.45) is 1.75. The molecule has 1 fully saturated rings. The Morgan fingerprint density at radius 1 is 1.52 bits per heavy atom. The zero-order chi connectivity index (χ0) is 15.6. The summed E-state index contributed by atoms with van der Waals surface area (Å²) in [5.41, 5.74) is 6.47. The Kier molecular flexibility index (Phi) is 4.57. The first-order valence-corrected chi connectivity index (χ1v) is 7.20. The quantitative estimate of drug-likeness (QED) is 0.682. The van der Waals surface area contributed by atoms with Crippen LogP contribution in [0, 0.1) is 23.0 Å². The molecule has 0 spiro atoms. The number of amides is 1. The highest BCUT2D eigenvalue weighted by molar-refractivity contribution is 5.99. The minimum absolute atomic E-state index is 0.0412. The molecular formula is C15H21N3O3. The van der Waals surface area contributed by atoms with Gasteiger partial charge in [0.25, 0.3) is 11.6 Å². The molecule has 21 heavy (non-hydrogen) atoms. The van der Waals surface area contributed by atoms with Crippen LogP contribution in [0.15, 0.2) is 18.2 Å². The Balaban J connectivity index is 2.38. The van der Waals surface area contributed by atoms with E-state index < -0.39 is 4.92 Å². The second kappa shape index (κ2) is 6.22. The molecule has 2 unspecified atom stereocenters. The normalized spacial score (nSPS) is 22.1. The van der Waals surface area contributed by atoms with E-state index >= 15 is 0 Å². The Morgan fingerprint density at radius 3 is 2.86 bits per heavy atom. The summed E-state index contributed by atoms with van der Waals surface area (Å²) >= 11 is 0. The van der Waals surface area contributed by atoms with E-state index in [4.69, 9.17) is 5.73 Å². The molecule has 0 bridgehead atoms. The molecule has 1 aliphatic heterocycles. The first kappa shape index (κ1) is 15.4. The number of carbonyl (C=O) groups is 1. The number of likely N-dealkylation sites (tertiary alicyclic amines) is 1. The summed E-state index contributed by atoms with van der Waals surface area (Å²) in [4.78, 5) is 25.2. The van der Waals surface area contributed by atoms with E-state index in [1.54, 1.807) is 24.0 Å². The third-order valence-electron chi connectivity index (χ3n) is 4.17. The predicted octanol–water partition coefficient (Wildman–Crippen LogP) is 2.10. The molecule has 0 aliphatic carbocycles. The summed E-state index contributed by atoms with van der Waals surface area (Å²) in [7, 11) is 0. The lowest BCUT2D eigenvalue weighted by Gasteiger charge is -2.38. The molecule has 1 amide bonds. The topological polar surface area (TPSA) is 89.5 Å². The van der Waals surface area contributed by atoms with Crippen LogP contribution in [0.5, 0.6) is 0 Å². The van der Waals surface area contributed by atoms with Gasteiger partial charge in [0.1, 0.15) is 5.56 Å². The van der Waals surface area contributed by atoms with Gasteiger partial charge in [0, 0.05) is 25.2 Å². The number of benzene rings is 1. The predicted molar refractivity (Wildman–Crippen MR) is 80.1 cm³/mol. The fourth-order valence-corrected chi connectivity index (χ4v) is 2.97. The molecule has 1 aromatic rings. The van der Waals surface area contributed by atoms with Gasteiger partial charge < -0.3 is 10.6 Å². The highest BCUT2D eigenvalue weighted by atomic mass is 16.6. The van der Waals surface area contributed by atoms with Crippen LogP contribution in [0.3, 0.4) is 0 Å². The van der Waals surface area contributed by atoms with Crippen molar-refractivity contribution in [2.24, 2.45) is 11.7 Å². The lowest BCUT2D eigenvalue weighted by Crippen LogP contribution is -2.49. The number of nitrogens with zero attached hydrogens (tertiary/aromatic N) is 2. The number of nitro groups is 1. The van der Waals surface area contributed by atoms with Crippen molar-refractivity contribution in [2.75, 3.05) is 13.1 Å². The molecule has 0 aromatic heterocycles. The first-order valence-electron chi connectivity index (χ1n) is 7.20. The molecule has 6 heteroatoms. The summed E-state index contributed by atoms with van der Waals surface area (Å²) < 4.78 is 0. The van der Waals surface area contributed by atoms with Crippen molar-refractivity contribution in [1.82, 2.24) is 4.90 Å². The van der Waals surface area contributed by atoms with Crippen LogP contribution < -0.4 is 5.73 Å². The van der Waals surface area contributed by atoms with E-state index in [-0.39, 0.29) is 23.2 Å². The van der Waals surface area contributed by atoms with Crippen LogP contribution in [-0.2, 0) is 0 Å². The summed E-state index contributed by atoms with van der Waals surface area (Å²) in [5, 5.41) is 11.2. The molecule has 2 N–H and O–H groups in total. The van der Waals surface area contributed by atoms with Crippen molar-refractivity contribution >= 4 is 11.6 Å². The lowest BCUT2D eigenvalue weighted by molar-refractivity contribution is -0.385. The summed E-state index contributed by atoms with van der Waals surface area (Å²) in [6.45, 7) is 4.86. The van der Waals surface area contributed by atoms with Crippen LogP contribution in [-0.4, -0.2) is 34.9 Å². The first-order chi connectivity index (χ1) is 9.95.